The van der Waals surface area contributed by atoms with Gasteiger partial charge in [0, 0.05) is 5.56 Å². The molecule has 0 aliphatic rings. The van der Waals surface area contributed by atoms with Gasteiger partial charge in [-0.25, -0.2) is 10.2 Å². The van der Waals surface area contributed by atoms with Crippen LogP contribution in [-0.4, -0.2) is 31.3 Å². The van der Waals surface area contributed by atoms with Crippen molar-refractivity contribution in [3.8, 4) is 17.2 Å². The van der Waals surface area contributed by atoms with Crippen molar-refractivity contribution >= 4 is 18.1 Å². The molecule has 0 atom stereocenters. The van der Waals surface area contributed by atoms with Gasteiger partial charge < -0.3 is 14.2 Å². The number of hydrogen-bond donors (Lipinski definition) is 1. The van der Waals surface area contributed by atoms with Crippen LogP contribution in [0.2, 0.25) is 0 Å². The highest BCUT2D eigenvalue weighted by atomic mass is 16.6. The summed E-state index contributed by atoms with van der Waals surface area (Å²) in [4.78, 5) is 24.6. The molecule has 3 aromatic carbocycles. The van der Waals surface area contributed by atoms with Crippen molar-refractivity contribution < 1.29 is 23.8 Å². The number of nitrogens with zero attached hydrogens (tertiary/aromatic N) is 1. The third-order valence-electron chi connectivity index (χ3n) is 4.45. The van der Waals surface area contributed by atoms with Crippen molar-refractivity contribution in [2.45, 2.75) is 20.3 Å². The fraction of sp³-hybridized carbons (Fsp3) is 0.192. The minimum absolute atomic E-state index is 0.303. The van der Waals surface area contributed by atoms with Gasteiger partial charge in [0.2, 0.25) is 0 Å². The molecule has 0 radical (unpaired) electrons. The van der Waals surface area contributed by atoms with Gasteiger partial charge in [-0.05, 0) is 73.5 Å². The van der Waals surface area contributed by atoms with Crippen LogP contribution in [0.5, 0.6) is 17.2 Å². The molecular weight excluding hydrogens is 420 g/mol. The Morgan fingerprint density at radius 2 is 1.64 bits per heavy atom. The van der Waals surface area contributed by atoms with Crippen molar-refractivity contribution in [3.05, 3.63) is 89.5 Å². The molecule has 0 aromatic heterocycles. The first-order chi connectivity index (χ1) is 16.1. The van der Waals surface area contributed by atoms with Crippen LogP contribution < -0.4 is 19.6 Å². The molecule has 0 saturated heterocycles. The molecule has 1 amide bonds. The lowest BCUT2D eigenvalue weighted by molar-refractivity contribution is 0.0728. The van der Waals surface area contributed by atoms with Crippen LogP contribution in [-0.2, 0) is 0 Å². The topological polar surface area (TPSA) is 86.2 Å². The second-order valence-electron chi connectivity index (χ2n) is 6.97. The van der Waals surface area contributed by atoms with Gasteiger partial charge in [0.05, 0.1) is 25.0 Å². The van der Waals surface area contributed by atoms with Crippen LogP contribution in [0.1, 0.15) is 46.5 Å². The summed E-state index contributed by atoms with van der Waals surface area (Å²) in [6, 6.07) is 20.6. The molecule has 0 saturated carbocycles. The minimum atomic E-state index is -0.476. The first-order valence-corrected chi connectivity index (χ1v) is 10.7. The van der Waals surface area contributed by atoms with E-state index in [4.69, 9.17) is 14.2 Å². The molecular formula is C26H26N2O5. The van der Waals surface area contributed by atoms with E-state index in [1.807, 2.05) is 19.9 Å². The zero-order valence-corrected chi connectivity index (χ0v) is 18.6. The predicted octanol–water partition coefficient (Wildman–Crippen LogP) is 4.86. The molecule has 33 heavy (non-hydrogen) atoms. The Morgan fingerprint density at radius 3 is 2.33 bits per heavy atom. The Bertz CT molecular complexity index is 1100. The summed E-state index contributed by atoms with van der Waals surface area (Å²) in [5.41, 5.74) is 4.07. The van der Waals surface area contributed by atoms with Gasteiger partial charge in [-0.1, -0.05) is 25.1 Å². The lowest BCUT2D eigenvalue weighted by atomic mass is 10.2. The number of esters is 1. The first kappa shape index (κ1) is 23.5. The summed E-state index contributed by atoms with van der Waals surface area (Å²) < 4.78 is 16.6. The maximum absolute atomic E-state index is 12.4. The predicted molar refractivity (Wildman–Crippen MR) is 126 cm³/mol. The molecule has 7 heteroatoms. The quantitative estimate of drug-likeness (QED) is 0.208. The van der Waals surface area contributed by atoms with Gasteiger partial charge in [-0.2, -0.15) is 5.10 Å². The first-order valence-electron chi connectivity index (χ1n) is 10.7. The number of nitrogens with one attached hydrogen (secondary N) is 1. The minimum Gasteiger partial charge on any atom is -0.494 e. The largest absolute Gasteiger partial charge is 0.494 e. The van der Waals surface area contributed by atoms with Crippen molar-refractivity contribution in [1.82, 2.24) is 5.43 Å². The van der Waals surface area contributed by atoms with Gasteiger partial charge in [0.15, 0.2) is 11.5 Å². The molecule has 3 rings (SSSR count). The number of hydrazone groups is 1. The van der Waals surface area contributed by atoms with E-state index in [1.165, 1.54) is 6.21 Å². The van der Waals surface area contributed by atoms with Crippen molar-refractivity contribution in [2.75, 3.05) is 13.2 Å². The van der Waals surface area contributed by atoms with E-state index < -0.39 is 5.97 Å². The highest BCUT2D eigenvalue weighted by Gasteiger charge is 2.13. The SMILES string of the molecule is CCCOc1ccc(C(=O)N/N=C\c2ccc(OC(=O)c3ccccc3)c(OCC)c2)cc1. The van der Waals surface area contributed by atoms with Gasteiger partial charge >= 0.3 is 5.97 Å². The molecule has 3 aromatic rings. The number of rotatable bonds is 10. The number of carbonyl (C=O) groups excluding carboxylic acids is 2. The molecule has 0 heterocycles. The van der Waals surface area contributed by atoms with Crippen LogP contribution in [0.4, 0.5) is 0 Å². The normalized spacial score (nSPS) is 10.6. The van der Waals surface area contributed by atoms with Gasteiger partial charge in [0.1, 0.15) is 5.75 Å². The molecule has 1 N–H and O–H groups in total. The smallest absolute Gasteiger partial charge is 0.343 e. The maximum atomic E-state index is 12.4. The molecule has 0 aliphatic heterocycles. The van der Waals surface area contributed by atoms with Crippen LogP contribution in [0.15, 0.2) is 77.9 Å². The van der Waals surface area contributed by atoms with Crippen molar-refractivity contribution in [2.24, 2.45) is 5.10 Å². The highest BCUT2D eigenvalue weighted by molar-refractivity contribution is 5.95. The second-order valence-corrected chi connectivity index (χ2v) is 6.97. The van der Waals surface area contributed by atoms with E-state index >= 15 is 0 Å². The lowest BCUT2D eigenvalue weighted by Crippen LogP contribution is -2.17. The number of hydrogen-bond acceptors (Lipinski definition) is 6. The van der Waals surface area contributed by atoms with Gasteiger partial charge in [-0.3, -0.25) is 4.79 Å². The summed E-state index contributed by atoms with van der Waals surface area (Å²) >= 11 is 0. The Hall–Kier alpha value is -4.13. The monoisotopic (exact) mass is 446 g/mol. The molecule has 0 unspecified atom stereocenters. The van der Waals surface area contributed by atoms with Crippen LogP contribution in [0, 0.1) is 0 Å². The molecule has 0 spiro atoms. The van der Waals surface area contributed by atoms with Crippen molar-refractivity contribution in [3.63, 3.8) is 0 Å². The van der Waals surface area contributed by atoms with E-state index in [2.05, 4.69) is 10.5 Å². The molecule has 7 nitrogen and oxygen atoms in total. The third kappa shape index (κ3) is 6.93. The Morgan fingerprint density at radius 1 is 0.879 bits per heavy atom. The molecule has 0 aliphatic carbocycles. The number of ether oxygens (including phenoxy) is 3. The van der Waals surface area contributed by atoms with E-state index in [0.29, 0.717) is 47.2 Å². The second kappa shape index (κ2) is 12.0. The maximum Gasteiger partial charge on any atom is 0.343 e. The molecule has 170 valence electrons. The van der Waals surface area contributed by atoms with E-state index in [-0.39, 0.29) is 5.91 Å². The highest BCUT2D eigenvalue weighted by Crippen LogP contribution is 2.29. The van der Waals surface area contributed by atoms with E-state index in [1.54, 1.807) is 66.7 Å². The Labute approximate surface area is 193 Å². The third-order valence-corrected chi connectivity index (χ3v) is 4.45. The molecule has 0 bridgehead atoms. The lowest BCUT2D eigenvalue weighted by Gasteiger charge is -2.11. The Balaban J connectivity index is 1.63. The summed E-state index contributed by atoms with van der Waals surface area (Å²) in [5, 5.41) is 4.01. The number of benzene rings is 3. The van der Waals surface area contributed by atoms with E-state index in [9.17, 15) is 9.59 Å². The molecule has 0 fully saturated rings. The summed E-state index contributed by atoms with van der Waals surface area (Å²) in [7, 11) is 0. The number of amides is 1. The fourth-order valence-corrected chi connectivity index (χ4v) is 2.84. The van der Waals surface area contributed by atoms with Crippen LogP contribution in [0.3, 0.4) is 0 Å². The Kier molecular flexibility index (Phi) is 8.59. The summed E-state index contributed by atoms with van der Waals surface area (Å²) in [6.45, 7) is 4.89. The fourth-order valence-electron chi connectivity index (χ4n) is 2.84. The van der Waals surface area contributed by atoms with Gasteiger partial charge in [0.25, 0.3) is 5.91 Å². The zero-order valence-electron chi connectivity index (χ0n) is 18.6. The standard InChI is InChI=1S/C26H26N2O5/c1-3-16-32-22-13-11-20(12-14-22)25(29)28-27-18-19-10-15-23(24(17-19)31-4-2)33-26(30)21-8-6-5-7-9-21/h5-15,17-18H,3-4,16H2,1-2H3,(H,28,29)/b27-18-. The zero-order chi connectivity index (χ0) is 23.5. The van der Waals surface area contributed by atoms with Crippen molar-refractivity contribution in [1.29, 1.82) is 0 Å². The number of carbonyl (C=O) groups is 2. The average Bonchev–Trinajstić information content (AvgIpc) is 2.85. The average molecular weight is 447 g/mol. The van der Waals surface area contributed by atoms with Crippen LogP contribution in [0.25, 0.3) is 0 Å². The summed E-state index contributed by atoms with van der Waals surface area (Å²) in [6.07, 6.45) is 2.40. The van der Waals surface area contributed by atoms with Crippen LogP contribution >= 0.6 is 0 Å². The van der Waals surface area contributed by atoms with E-state index in [0.717, 1.165) is 6.42 Å². The summed E-state index contributed by atoms with van der Waals surface area (Å²) in [5.74, 6) is 0.605. The van der Waals surface area contributed by atoms with Gasteiger partial charge in [-0.15, -0.1) is 0 Å².